The number of rotatable bonds is 5. The molecule has 1 N–H and O–H groups in total. The summed E-state index contributed by atoms with van der Waals surface area (Å²) in [6.07, 6.45) is 2.47. The van der Waals surface area contributed by atoms with Crippen LogP contribution < -0.4 is 5.32 Å². The van der Waals surface area contributed by atoms with Gasteiger partial charge in [-0.3, -0.25) is 0 Å². The second-order valence-electron chi connectivity index (χ2n) is 3.02. The maximum Gasteiger partial charge on any atom is 0.00170 e. The minimum atomic E-state index is 1.09. The molecule has 1 heterocycles. The lowest BCUT2D eigenvalue weighted by atomic mass is 10.2. The Morgan fingerprint density at radius 1 is 1.50 bits per heavy atom. The summed E-state index contributed by atoms with van der Waals surface area (Å²) in [6, 6.07) is 2.29. The molecule has 2 heteroatoms. The van der Waals surface area contributed by atoms with Crippen LogP contribution in [0.5, 0.6) is 0 Å². The predicted octanol–water partition coefficient (Wildman–Crippen LogP) is 2.60. The average molecular weight is 183 g/mol. The van der Waals surface area contributed by atoms with Crippen molar-refractivity contribution in [1.29, 1.82) is 0 Å². The van der Waals surface area contributed by atoms with Crippen molar-refractivity contribution in [3.63, 3.8) is 0 Å². The summed E-state index contributed by atoms with van der Waals surface area (Å²) in [4.78, 5) is 1.42. The summed E-state index contributed by atoms with van der Waals surface area (Å²) < 4.78 is 0. The van der Waals surface area contributed by atoms with E-state index < -0.39 is 0 Å². The summed E-state index contributed by atoms with van der Waals surface area (Å²) in [7, 11) is 0. The van der Waals surface area contributed by atoms with E-state index in [1.807, 2.05) is 11.3 Å². The molecule has 0 amide bonds. The molecule has 68 valence electrons. The van der Waals surface area contributed by atoms with E-state index in [2.05, 4.69) is 30.6 Å². The molecular formula is C10H17NS. The van der Waals surface area contributed by atoms with Gasteiger partial charge in [-0.05, 0) is 49.9 Å². The first-order valence-corrected chi connectivity index (χ1v) is 5.45. The van der Waals surface area contributed by atoms with E-state index in [0.717, 1.165) is 13.1 Å². The smallest absolute Gasteiger partial charge is 0.00170 e. The number of hydrogen-bond acceptors (Lipinski definition) is 2. The fourth-order valence-electron chi connectivity index (χ4n) is 1.22. The first-order chi connectivity index (χ1) is 5.83. The van der Waals surface area contributed by atoms with Gasteiger partial charge in [0.05, 0.1) is 0 Å². The molecule has 0 bridgehead atoms. The van der Waals surface area contributed by atoms with Gasteiger partial charge in [0.15, 0.2) is 0 Å². The van der Waals surface area contributed by atoms with Crippen molar-refractivity contribution >= 4 is 11.3 Å². The summed E-state index contributed by atoms with van der Waals surface area (Å²) in [6.45, 7) is 6.54. The Morgan fingerprint density at radius 3 is 2.92 bits per heavy atom. The van der Waals surface area contributed by atoms with E-state index in [1.165, 1.54) is 23.3 Å². The van der Waals surface area contributed by atoms with Crippen LogP contribution in [-0.2, 0) is 6.42 Å². The summed E-state index contributed by atoms with van der Waals surface area (Å²) in [5, 5.41) is 5.59. The van der Waals surface area contributed by atoms with Crippen LogP contribution in [-0.4, -0.2) is 13.1 Å². The molecule has 0 saturated heterocycles. The third-order valence-electron chi connectivity index (χ3n) is 1.85. The normalized spacial score (nSPS) is 10.5. The highest BCUT2D eigenvalue weighted by Crippen LogP contribution is 2.14. The number of hydrogen-bond donors (Lipinski definition) is 1. The highest BCUT2D eigenvalue weighted by molar-refractivity contribution is 7.10. The van der Waals surface area contributed by atoms with Crippen LogP contribution in [0.4, 0.5) is 0 Å². The van der Waals surface area contributed by atoms with Crippen LogP contribution in [0.25, 0.3) is 0 Å². The fourth-order valence-corrected chi connectivity index (χ4v) is 1.97. The Hall–Kier alpha value is -0.340. The van der Waals surface area contributed by atoms with E-state index >= 15 is 0 Å². The molecule has 0 atom stereocenters. The number of nitrogens with one attached hydrogen (secondary N) is 1. The van der Waals surface area contributed by atoms with Gasteiger partial charge in [0.25, 0.3) is 0 Å². The molecule has 0 aliphatic rings. The average Bonchev–Trinajstić information content (AvgIpc) is 2.45. The molecule has 0 fully saturated rings. The van der Waals surface area contributed by atoms with Crippen LogP contribution in [0.2, 0.25) is 0 Å². The van der Waals surface area contributed by atoms with E-state index in [4.69, 9.17) is 0 Å². The highest BCUT2D eigenvalue weighted by atomic mass is 32.1. The Labute approximate surface area is 78.8 Å². The summed E-state index contributed by atoms with van der Waals surface area (Å²) >= 11 is 1.85. The van der Waals surface area contributed by atoms with Crippen molar-refractivity contribution < 1.29 is 0 Å². The second kappa shape index (κ2) is 5.33. The Morgan fingerprint density at radius 2 is 2.33 bits per heavy atom. The quantitative estimate of drug-likeness (QED) is 0.692. The molecule has 0 saturated carbocycles. The van der Waals surface area contributed by atoms with Gasteiger partial charge < -0.3 is 5.32 Å². The van der Waals surface area contributed by atoms with Crippen molar-refractivity contribution in [1.82, 2.24) is 5.32 Å². The fraction of sp³-hybridized carbons (Fsp3) is 0.600. The van der Waals surface area contributed by atoms with Gasteiger partial charge in [0.2, 0.25) is 0 Å². The van der Waals surface area contributed by atoms with Crippen LogP contribution >= 0.6 is 11.3 Å². The highest BCUT2D eigenvalue weighted by Gasteiger charge is 1.94. The Bertz CT molecular complexity index is 217. The number of thiophene rings is 1. The van der Waals surface area contributed by atoms with Crippen molar-refractivity contribution in [2.45, 2.75) is 26.7 Å². The molecule has 0 aliphatic carbocycles. The lowest BCUT2D eigenvalue weighted by Crippen LogP contribution is -2.14. The molecule has 0 aromatic carbocycles. The van der Waals surface area contributed by atoms with Crippen molar-refractivity contribution in [3.8, 4) is 0 Å². The zero-order valence-electron chi connectivity index (χ0n) is 7.89. The van der Waals surface area contributed by atoms with Gasteiger partial charge in [0.1, 0.15) is 0 Å². The molecule has 0 radical (unpaired) electrons. The lowest BCUT2D eigenvalue weighted by molar-refractivity contribution is 0.673. The SMILES string of the molecule is CCNCCCc1csc(C)c1. The lowest BCUT2D eigenvalue weighted by Gasteiger charge is -1.98. The third-order valence-corrected chi connectivity index (χ3v) is 2.76. The Balaban J connectivity index is 2.15. The molecule has 1 rings (SSSR count). The van der Waals surface area contributed by atoms with Gasteiger partial charge in [0, 0.05) is 4.88 Å². The van der Waals surface area contributed by atoms with Gasteiger partial charge in [-0.15, -0.1) is 11.3 Å². The number of aryl methyl sites for hydroxylation is 2. The first kappa shape index (κ1) is 9.75. The summed E-state index contributed by atoms with van der Waals surface area (Å²) in [5.41, 5.74) is 1.50. The van der Waals surface area contributed by atoms with Crippen LogP contribution in [0, 0.1) is 6.92 Å². The van der Waals surface area contributed by atoms with Gasteiger partial charge in [-0.25, -0.2) is 0 Å². The molecule has 1 aromatic rings. The molecule has 0 spiro atoms. The molecule has 12 heavy (non-hydrogen) atoms. The third kappa shape index (κ3) is 3.37. The van der Waals surface area contributed by atoms with Gasteiger partial charge >= 0.3 is 0 Å². The molecule has 0 unspecified atom stereocenters. The molecule has 1 aromatic heterocycles. The van der Waals surface area contributed by atoms with Gasteiger partial charge in [-0.1, -0.05) is 6.92 Å². The predicted molar refractivity (Wildman–Crippen MR) is 55.9 cm³/mol. The van der Waals surface area contributed by atoms with Crippen molar-refractivity contribution in [3.05, 3.63) is 21.9 Å². The summed E-state index contributed by atoms with van der Waals surface area (Å²) in [5.74, 6) is 0. The van der Waals surface area contributed by atoms with Crippen LogP contribution in [0.15, 0.2) is 11.4 Å². The van der Waals surface area contributed by atoms with E-state index in [-0.39, 0.29) is 0 Å². The largest absolute Gasteiger partial charge is 0.317 e. The van der Waals surface area contributed by atoms with Gasteiger partial charge in [-0.2, -0.15) is 0 Å². The van der Waals surface area contributed by atoms with E-state index in [0.29, 0.717) is 0 Å². The van der Waals surface area contributed by atoms with Crippen LogP contribution in [0.3, 0.4) is 0 Å². The van der Waals surface area contributed by atoms with E-state index in [1.54, 1.807) is 0 Å². The zero-order valence-corrected chi connectivity index (χ0v) is 8.71. The van der Waals surface area contributed by atoms with E-state index in [9.17, 15) is 0 Å². The van der Waals surface area contributed by atoms with Crippen LogP contribution in [0.1, 0.15) is 23.8 Å². The minimum Gasteiger partial charge on any atom is -0.317 e. The Kier molecular flexibility index (Phi) is 4.33. The zero-order chi connectivity index (χ0) is 8.81. The maximum absolute atomic E-state index is 3.33. The monoisotopic (exact) mass is 183 g/mol. The molecule has 1 nitrogen and oxygen atoms in total. The second-order valence-corrected chi connectivity index (χ2v) is 4.14. The topological polar surface area (TPSA) is 12.0 Å². The standard InChI is InChI=1S/C10H17NS/c1-3-11-6-4-5-10-7-9(2)12-8-10/h7-8,11H,3-6H2,1-2H3. The maximum atomic E-state index is 3.33. The first-order valence-electron chi connectivity index (χ1n) is 4.57. The van der Waals surface area contributed by atoms with Crippen molar-refractivity contribution in [2.75, 3.05) is 13.1 Å². The minimum absolute atomic E-state index is 1.09. The van der Waals surface area contributed by atoms with Crippen molar-refractivity contribution in [2.24, 2.45) is 0 Å². The molecular weight excluding hydrogens is 166 g/mol. The molecule has 0 aliphatic heterocycles.